The molecule has 3 aromatic rings. The predicted octanol–water partition coefficient (Wildman–Crippen LogP) is 4.89. The van der Waals surface area contributed by atoms with Crippen LogP contribution in [0.5, 0.6) is 0 Å². The standard InChI is InChI=1S/C21H20ClN3O3S2/c1-3-11-29-20-23-18-17(19(26)25(20)14-7-5-13(22)6-8-14)15-9-10-24(12-16(15)30-18)21(27)28-4-2/h3,5-8H,1,4,9-12H2,2H3. The summed E-state index contributed by atoms with van der Waals surface area (Å²) in [5.74, 6) is 0.632. The van der Waals surface area contributed by atoms with Crippen LogP contribution in [0, 0.1) is 0 Å². The number of ether oxygens (including phenoxy) is 1. The summed E-state index contributed by atoms with van der Waals surface area (Å²) in [6.45, 7) is 6.85. The van der Waals surface area contributed by atoms with E-state index in [1.165, 1.54) is 23.1 Å². The lowest BCUT2D eigenvalue weighted by molar-refractivity contribution is 0.103. The van der Waals surface area contributed by atoms with Crippen molar-refractivity contribution in [3.8, 4) is 5.69 Å². The van der Waals surface area contributed by atoms with Crippen molar-refractivity contribution in [2.24, 2.45) is 0 Å². The van der Waals surface area contributed by atoms with Gasteiger partial charge in [-0.25, -0.2) is 9.78 Å². The second-order valence-corrected chi connectivity index (χ2v) is 9.17. The lowest BCUT2D eigenvalue weighted by Crippen LogP contribution is -2.36. The first-order valence-corrected chi connectivity index (χ1v) is 11.7. The summed E-state index contributed by atoms with van der Waals surface area (Å²) >= 11 is 8.96. The molecule has 3 heterocycles. The van der Waals surface area contributed by atoms with Crippen LogP contribution >= 0.6 is 34.7 Å². The van der Waals surface area contributed by atoms with Crippen LogP contribution < -0.4 is 5.56 Å². The Kier molecular flexibility index (Phi) is 6.17. The number of thiophene rings is 1. The normalized spacial score (nSPS) is 13.3. The summed E-state index contributed by atoms with van der Waals surface area (Å²) in [6.07, 6.45) is 2.06. The fourth-order valence-electron chi connectivity index (χ4n) is 3.44. The van der Waals surface area contributed by atoms with Gasteiger partial charge >= 0.3 is 6.09 Å². The van der Waals surface area contributed by atoms with Crippen molar-refractivity contribution in [1.29, 1.82) is 0 Å². The van der Waals surface area contributed by atoms with Gasteiger partial charge in [-0.3, -0.25) is 9.36 Å². The second-order valence-electron chi connectivity index (χ2n) is 6.67. The minimum Gasteiger partial charge on any atom is -0.450 e. The van der Waals surface area contributed by atoms with Gasteiger partial charge in [0.2, 0.25) is 0 Å². The van der Waals surface area contributed by atoms with E-state index in [1.807, 2.05) is 12.1 Å². The Labute approximate surface area is 187 Å². The molecular weight excluding hydrogens is 442 g/mol. The van der Waals surface area contributed by atoms with Crippen molar-refractivity contribution in [2.45, 2.75) is 25.0 Å². The van der Waals surface area contributed by atoms with Crippen LogP contribution in [0.3, 0.4) is 0 Å². The van der Waals surface area contributed by atoms with Gasteiger partial charge in [-0.05, 0) is 43.2 Å². The Morgan fingerprint density at radius 1 is 1.40 bits per heavy atom. The molecule has 1 aliphatic rings. The number of benzene rings is 1. The molecule has 1 amide bonds. The summed E-state index contributed by atoms with van der Waals surface area (Å²) in [6, 6.07) is 7.15. The summed E-state index contributed by atoms with van der Waals surface area (Å²) in [5.41, 5.74) is 1.60. The Hall–Kier alpha value is -2.29. The van der Waals surface area contributed by atoms with Crippen molar-refractivity contribution in [3.05, 3.63) is 62.7 Å². The molecule has 0 unspecified atom stereocenters. The van der Waals surface area contributed by atoms with Gasteiger partial charge in [0, 0.05) is 22.2 Å². The number of rotatable bonds is 5. The highest BCUT2D eigenvalue weighted by atomic mass is 35.5. The number of hydrogen-bond acceptors (Lipinski definition) is 6. The monoisotopic (exact) mass is 461 g/mol. The summed E-state index contributed by atoms with van der Waals surface area (Å²) < 4.78 is 6.77. The summed E-state index contributed by atoms with van der Waals surface area (Å²) in [4.78, 5) is 33.9. The minimum atomic E-state index is -0.325. The molecule has 2 aromatic heterocycles. The Balaban J connectivity index is 1.85. The maximum Gasteiger partial charge on any atom is 0.410 e. The average molecular weight is 462 g/mol. The molecule has 0 fully saturated rings. The molecule has 0 bridgehead atoms. The molecular formula is C21H20ClN3O3S2. The van der Waals surface area contributed by atoms with Crippen LogP contribution in [0.1, 0.15) is 17.4 Å². The maximum atomic E-state index is 13.6. The maximum absolute atomic E-state index is 13.6. The van der Waals surface area contributed by atoms with E-state index >= 15 is 0 Å². The van der Waals surface area contributed by atoms with Crippen molar-refractivity contribution in [3.63, 3.8) is 0 Å². The van der Waals surface area contributed by atoms with Crippen LogP contribution in [0.2, 0.25) is 5.02 Å². The van der Waals surface area contributed by atoms with Gasteiger partial charge in [0.15, 0.2) is 5.16 Å². The number of nitrogens with zero attached hydrogens (tertiary/aromatic N) is 3. The van der Waals surface area contributed by atoms with Crippen LogP contribution in [0.15, 0.2) is 46.9 Å². The molecule has 0 saturated heterocycles. The summed E-state index contributed by atoms with van der Waals surface area (Å²) in [7, 11) is 0. The van der Waals surface area contributed by atoms with Crippen molar-refractivity contribution in [1.82, 2.24) is 14.5 Å². The molecule has 1 aromatic carbocycles. The molecule has 0 aliphatic carbocycles. The highest BCUT2D eigenvalue weighted by molar-refractivity contribution is 7.99. The number of aromatic nitrogens is 2. The Bertz CT molecular complexity index is 1170. The lowest BCUT2D eigenvalue weighted by atomic mass is 10.1. The number of amides is 1. The molecule has 6 nitrogen and oxygen atoms in total. The number of halogens is 1. The number of carbonyl (C=O) groups is 1. The quantitative estimate of drug-likeness (QED) is 0.307. The predicted molar refractivity (Wildman–Crippen MR) is 122 cm³/mol. The largest absolute Gasteiger partial charge is 0.450 e. The zero-order valence-electron chi connectivity index (χ0n) is 16.4. The summed E-state index contributed by atoms with van der Waals surface area (Å²) in [5, 5.41) is 1.85. The Morgan fingerprint density at radius 3 is 2.87 bits per heavy atom. The van der Waals surface area contributed by atoms with Crippen molar-refractivity contribution >= 4 is 51.0 Å². The van der Waals surface area contributed by atoms with Gasteiger partial charge in [-0.15, -0.1) is 17.9 Å². The molecule has 0 saturated carbocycles. The molecule has 9 heteroatoms. The molecule has 0 N–H and O–H groups in total. The van der Waals surface area contributed by atoms with E-state index in [-0.39, 0.29) is 11.7 Å². The SMILES string of the molecule is C=CCSc1nc2sc3c(c2c(=O)n1-c1ccc(Cl)cc1)CCN(C(=O)OCC)C3. The number of fused-ring (bicyclic) bond motifs is 3. The second kappa shape index (κ2) is 8.83. The molecule has 0 atom stereocenters. The number of thioether (sulfide) groups is 1. The first-order valence-electron chi connectivity index (χ1n) is 9.52. The van der Waals surface area contributed by atoms with E-state index in [9.17, 15) is 9.59 Å². The van der Waals surface area contributed by atoms with Crippen LogP contribution in [-0.4, -0.2) is 39.4 Å². The smallest absolute Gasteiger partial charge is 0.410 e. The third-order valence-corrected chi connectivity index (χ3v) is 7.08. The molecule has 0 spiro atoms. The van der Waals surface area contributed by atoms with Crippen molar-refractivity contribution in [2.75, 3.05) is 18.9 Å². The number of carbonyl (C=O) groups excluding carboxylic acids is 1. The van der Waals surface area contributed by atoms with Gasteiger partial charge in [0.1, 0.15) is 4.83 Å². The molecule has 1 aliphatic heterocycles. The fourth-order valence-corrected chi connectivity index (χ4v) is 5.59. The van der Waals surface area contributed by atoms with Gasteiger partial charge in [-0.2, -0.15) is 0 Å². The zero-order chi connectivity index (χ0) is 21.3. The minimum absolute atomic E-state index is 0.101. The fraction of sp³-hybridized carbons (Fsp3) is 0.286. The van der Waals surface area contributed by atoms with Gasteiger partial charge in [0.05, 0.1) is 24.2 Å². The highest BCUT2D eigenvalue weighted by Gasteiger charge is 2.28. The first kappa shape index (κ1) is 21.0. The molecule has 30 heavy (non-hydrogen) atoms. The van der Waals surface area contributed by atoms with Gasteiger partial charge < -0.3 is 9.64 Å². The van der Waals surface area contributed by atoms with E-state index in [4.69, 9.17) is 21.3 Å². The third-order valence-electron chi connectivity index (χ3n) is 4.78. The zero-order valence-corrected chi connectivity index (χ0v) is 18.8. The van der Waals surface area contributed by atoms with E-state index in [0.717, 1.165) is 10.4 Å². The first-order chi connectivity index (χ1) is 14.5. The van der Waals surface area contributed by atoms with Crippen LogP contribution in [0.4, 0.5) is 4.79 Å². The molecule has 156 valence electrons. The van der Waals surface area contributed by atoms with Gasteiger partial charge in [-0.1, -0.05) is 29.4 Å². The van der Waals surface area contributed by atoms with Crippen LogP contribution in [0.25, 0.3) is 15.9 Å². The highest BCUT2D eigenvalue weighted by Crippen LogP contribution is 2.34. The molecule has 0 radical (unpaired) electrons. The number of hydrogen-bond donors (Lipinski definition) is 0. The van der Waals surface area contributed by atoms with E-state index < -0.39 is 0 Å². The topological polar surface area (TPSA) is 64.4 Å². The average Bonchev–Trinajstić information content (AvgIpc) is 3.11. The van der Waals surface area contributed by atoms with Crippen molar-refractivity contribution < 1.29 is 9.53 Å². The third kappa shape index (κ3) is 3.87. The lowest BCUT2D eigenvalue weighted by Gasteiger charge is -2.25. The van der Waals surface area contributed by atoms with E-state index in [2.05, 4.69) is 6.58 Å². The van der Waals surface area contributed by atoms with E-state index in [0.29, 0.717) is 58.0 Å². The van der Waals surface area contributed by atoms with Crippen LogP contribution in [-0.2, 0) is 17.7 Å². The molecule has 4 rings (SSSR count). The van der Waals surface area contributed by atoms with Gasteiger partial charge in [0.25, 0.3) is 5.56 Å². The van der Waals surface area contributed by atoms with E-state index in [1.54, 1.807) is 34.6 Å². The Morgan fingerprint density at radius 2 is 2.17 bits per heavy atom.